The van der Waals surface area contributed by atoms with Crippen molar-refractivity contribution >= 4 is 5.97 Å². The Kier molecular flexibility index (Phi) is 4.11. The second-order valence-corrected chi connectivity index (χ2v) is 4.48. The third kappa shape index (κ3) is 2.92. The van der Waals surface area contributed by atoms with E-state index in [2.05, 4.69) is 12.2 Å². The van der Waals surface area contributed by atoms with E-state index >= 15 is 0 Å². The van der Waals surface area contributed by atoms with E-state index in [4.69, 9.17) is 4.74 Å². The lowest BCUT2D eigenvalue weighted by Gasteiger charge is -2.39. The van der Waals surface area contributed by atoms with Crippen LogP contribution >= 0.6 is 0 Å². The highest BCUT2D eigenvalue weighted by Gasteiger charge is 2.42. The van der Waals surface area contributed by atoms with Gasteiger partial charge < -0.3 is 9.84 Å². The first-order valence-corrected chi connectivity index (χ1v) is 5.63. The number of rotatable bonds is 4. The molecule has 0 bridgehead atoms. The first kappa shape index (κ1) is 12.5. The van der Waals surface area contributed by atoms with Gasteiger partial charge in [-0.05, 0) is 26.7 Å². The van der Waals surface area contributed by atoms with E-state index in [0.717, 1.165) is 6.42 Å². The van der Waals surface area contributed by atoms with Gasteiger partial charge in [0, 0.05) is 19.1 Å². The molecule has 0 amide bonds. The van der Waals surface area contributed by atoms with Crippen molar-refractivity contribution in [2.75, 3.05) is 6.61 Å². The first-order valence-electron chi connectivity index (χ1n) is 5.63. The maximum atomic E-state index is 11.4. The molecule has 1 heterocycles. The summed E-state index contributed by atoms with van der Waals surface area (Å²) in [6.45, 7) is 6.52. The lowest BCUT2D eigenvalue weighted by molar-refractivity contribution is -0.152. The third-order valence-electron chi connectivity index (χ3n) is 3.11. The van der Waals surface area contributed by atoms with Crippen LogP contribution in [0.25, 0.3) is 0 Å². The third-order valence-corrected chi connectivity index (χ3v) is 3.11. The molecule has 0 aliphatic carbocycles. The Morgan fingerprint density at radius 3 is 2.87 bits per heavy atom. The minimum atomic E-state index is -0.785. The minimum absolute atomic E-state index is 0.0198. The van der Waals surface area contributed by atoms with Crippen LogP contribution in [-0.4, -0.2) is 35.4 Å². The summed E-state index contributed by atoms with van der Waals surface area (Å²) in [7, 11) is 0. The van der Waals surface area contributed by atoms with Gasteiger partial charge in [0.1, 0.15) is 5.54 Å². The van der Waals surface area contributed by atoms with Gasteiger partial charge in [0.05, 0.1) is 6.10 Å². The molecule has 88 valence electrons. The Labute approximate surface area is 91.0 Å². The molecule has 0 radical (unpaired) electrons. The van der Waals surface area contributed by atoms with Crippen molar-refractivity contribution in [3.05, 3.63) is 0 Å². The summed E-state index contributed by atoms with van der Waals surface area (Å²) in [6.07, 6.45) is 2.06. The van der Waals surface area contributed by atoms with Crippen molar-refractivity contribution in [2.24, 2.45) is 0 Å². The van der Waals surface area contributed by atoms with Gasteiger partial charge >= 0.3 is 5.97 Å². The van der Waals surface area contributed by atoms with Crippen molar-refractivity contribution in [3.63, 3.8) is 0 Å². The molecular weight excluding hydrogens is 194 g/mol. The average molecular weight is 215 g/mol. The van der Waals surface area contributed by atoms with E-state index in [1.165, 1.54) is 0 Å². The average Bonchev–Trinajstić information content (AvgIpc) is 2.17. The summed E-state index contributed by atoms with van der Waals surface area (Å²) in [5.74, 6) is -0.752. The summed E-state index contributed by atoms with van der Waals surface area (Å²) in [5.41, 5.74) is -0.785. The standard InChI is InChI=1S/C11H21NO3/c1-4-8(2)12-11(10(13)14)5-6-15-9(3)7-11/h8-9,12H,4-7H2,1-3H3,(H,13,14). The van der Waals surface area contributed by atoms with Gasteiger partial charge in [-0.1, -0.05) is 6.92 Å². The highest BCUT2D eigenvalue weighted by atomic mass is 16.5. The number of aliphatic carboxylic acids is 1. The zero-order valence-corrected chi connectivity index (χ0v) is 9.75. The molecular formula is C11H21NO3. The van der Waals surface area contributed by atoms with Crippen LogP contribution in [0.2, 0.25) is 0 Å². The zero-order chi connectivity index (χ0) is 11.5. The Morgan fingerprint density at radius 2 is 2.40 bits per heavy atom. The molecule has 1 rings (SSSR count). The van der Waals surface area contributed by atoms with Crippen LogP contribution < -0.4 is 5.32 Å². The number of hydrogen-bond donors (Lipinski definition) is 2. The van der Waals surface area contributed by atoms with E-state index in [0.29, 0.717) is 19.4 Å². The number of hydrogen-bond acceptors (Lipinski definition) is 3. The van der Waals surface area contributed by atoms with Gasteiger partial charge in [0.2, 0.25) is 0 Å². The van der Waals surface area contributed by atoms with Crippen LogP contribution in [0.4, 0.5) is 0 Å². The number of carbonyl (C=O) groups is 1. The number of carboxylic acid groups (broad SMARTS) is 1. The van der Waals surface area contributed by atoms with Crippen LogP contribution in [0.15, 0.2) is 0 Å². The molecule has 0 saturated carbocycles. The summed E-state index contributed by atoms with van der Waals surface area (Å²) >= 11 is 0. The molecule has 1 aliphatic rings. The topological polar surface area (TPSA) is 58.6 Å². The van der Waals surface area contributed by atoms with Crippen molar-refractivity contribution in [2.45, 2.75) is 57.7 Å². The predicted octanol–water partition coefficient (Wildman–Crippen LogP) is 1.40. The van der Waals surface area contributed by atoms with Crippen LogP contribution in [0.3, 0.4) is 0 Å². The monoisotopic (exact) mass is 215 g/mol. The highest BCUT2D eigenvalue weighted by molar-refractivity contribution is 5.79. The largest absolute Gasteiger partial charge is 0.480 e. The van der Waals surface area contributed by atoms with Gasteiger partial charge in [-0.15, -0.1) is 0 Å². The lowest BCUT2D eigenvalue weighted by Crippen LogP contribution is -2.59. The molecule has 4 nitrogen and oxygen atoms in total. The molecule has 15 heavy (non-hydrogen) atoms. The van der Waals surface area contributed by atoms with Gasteiger partial charge in [-0.2, -0.15) is 0 Å². The number of carboxylic acids is 1. The Morgan fingerprint density at radius 1 is 1.73 bits per heavy atom. The smallest absolute Gasteiger partial charge is 0.324 e. The lowest BCUT2D eigenvalue weighted by atomic mass is 9.86. The van der Waals surface area contributed by atoms with E-state index < -0.39 is 11.5 Å². The Bertz CT molecular complexity index is 232. The van der Waals surface area contributed by atoms with Crippen LogP contribution in [0, 0.1) is 0 Å². The fraction of sp³-hybridized carbons (Fsp3) is 0.909. The molecule has 3 unspecified atom stereocenters. The van der Waals surface area contributed by atoms with E-state index in [1.807, 2.05) is 13.8 Å². The second-order valence-electron chi connectivity index (χ2n) is 4.48. The summed E-state index contributed by atoms with van der Waals surface area (Å²) in [4.78, 5) is 11.4. The maximum absolute atomic E-state index is 11.4. The molecule has 3 atom stereocenters. The highest BCUT2D eigenvalue weighted by Crippen LogP contribution is 2.26. The zero-order valence-electron chi connectivity index (χ0n) is 9.75. The molecule has 0 aromatic carbocycles. The normalized spacial score (nSPS) is 33.7. The molecule has 1 fully saturated rings. The SMILES string of the molecule is CCC(C)NC1(C(=O)O)CCOC(C)C1. The molecule has 0 aromatic heterocycles. The van der Waals surface area contributed by atoms with Crippen LogP contribution in [-0.2, 0) is 9.53 Å². The first-order chi connectivity index (χ1) is 7.00. The summed E-state index contributed by atoms with van der Waals surface area (Å²) in [6, 6.07) is 0.228. The van der Waals surface area contributed by atoms with Gasteiger partial charge in [-0.3, -0.25) is 10.1 Å². The quantitative estimate of drug-likeness (QED) is 0.744. The van der Waals surface area contributed by atoms with Crippen molar-refractivity contribution in [3.8, 4) is 0 Å². The van der Waals surface area contributed by atoms with Crippen molar-refractivity contribution in [1.29, 1.82) is 0 Å². The van der Waals surface area contributed by atoms with Gasteiger partial charge in [0.15, 0.2) is 0 Å². The van der Waals surface area contributed by atoms with E-state index in [-0.39, 0.29) is 12.1 Å². The molecule has 1 saturated heterocycles. The second kappa shape index (κ2) is 4.94. The van der Waals surface area contributed by atoms with Crippen molar-refractivity contribution in [1.82, 2.24) is 5.32 Å². The maximum Gasteiger partial charge on any atom is 0.324 e. The van der Waals surface area contributed by atoms with Crippen molar-refractivity contribution < 1.29 is 14.6 Å². The van der Waals surface area contributed by atoms with E-state index in [1.54, 1.807) is 0 Å². The van der Waals surface area contributed by atoms with Crippen LogP contribution in [0.5, 0.6) is 0 Å². The number of nitrogens with one attached hydrogen (secondary N) is 1. The summed E-state index contributed by atoms with van der Waals surface area (Å²) < 4.78 is 5.40. The number of ether oxygens (including phenoxy) is 1. The molecule has 0 aromatic rings. The van der Waals surface area contributed by atoms with Gasteiger partial charge in [-0.25, -0.2) is 0 Å². The Balaban J connectivity index is 2.73. The molecule has 1 aliphatic heterocycles. The summed E-state index contributed by atoms with van der Waals surface area (Å²) in [5, 5.41) is 12.6. The Hall–Kier alpha value is -0.610. The minimum Gasteiger partial charge on any atom is -0.480 e. The predicted molar refractivity (Wildman–Crippen MR) is 57.9 cm³/mol. The molecule has 0 spiro atoms. The molecule has 2 N–H and O–H groups in total. The van der Waals surface area contributed by atoms with Gasteiger partial charge in [0.25, 0.3) is 0 Å². The molecule has 4 heteroatoms. The van der Waals surface area contributed by atoms with Crippen LogP contribution in [0.1, 0.15) is 40.0 Å². The van der Waals surface area contributed by atoms with E-state index in [9.17, 15) is 9.90 Å². The fourth-order valence-electron chi connectivity index (χ4n) is 2.05. The fourth-order valence-corrected chi connectivity index (χ4v) is 2.05.